The zero-order valence-corrected chi connectivity index (χ0v) is 12.8. The number of halogens is 1. The molecule has 2 aromatic heterocycles. The summed E-state index contributed by atoms with van der Waals surface area (Å²) in [6, 6.07) is 9.62. The molecule has 0 radical (unpaired) electrons. The van der Waals surface area contributed by atoms with E-state index in [1.807, 2.05) is 42.7 Å². The van der Waals surface area contributed by atoms with Crippen LogP contribution < -0.4 is 10.1 Å². The maximum absolute atomic E-state index is 6.15. The molecule has 0 saturated heterocycles. The predicted molar refractivity (Wildman–Crippen MR) is 87.1 cm³/mol. The second-order valence-electron chi connectivity index (χ2n) is 4.74. The minimum absolute atomic E-state index is 0.585. The van der Waals surface area contributed by atoms with Crippen LogP contribution in [0.4, 0.5) is 5.82 Å². The molecule has 0 amide bonds. The smallest absolute Gasteiger partial charge is 0.137 e. The third-order valence-electron chi connectivity index (χ3n) is 3.28. The predicted octanol–water partition coefficient (Wildman–Crippen LogP) is 3.75. The zero-order chi connectivity index (χ0) is 15.4. The van der Waals surface area contributed by atoms with E-state index in [2.05, 4.69) is 20.5 Å². The molecule has 3 aromatic rings. The fourth-order valence-electron chi connectivity index (χ4n) is 2.08. The molecule has 3 rings (SSSR count). The van der Waals surface area contributed by atoms with Crippen LogP contribution in [0.1, 0.15) is 5.56 Å². The summed E-state index contributed by atoms with van der Waals surface area (Å²) in [6.07, 6.45) is 5.44. The van der Waals surface area contributed by atoms with Gasteiger partial charge in [0.1, 0.15) is 11.6 Å². The molecular formula is C16H15ClN4O. The summed E-state index contributed by atoms with van der Waals surface area (Å²) in [7, 11) is 1.60. The minimum Gasteiger partial charge on any atom is -0.495 e. The summed E-state index contributed by atoms with van der Waals surface area (Å²) in [6.45, 7) is 0.678. The van der Waals surface area contributed by atoms with Crippen LogP contribution in [-0.2, 0) is 6.54 Å². The van der Waals surface area contributed by atoms with Crippen molar-refractivity contribution in [1.82, 2.24) is 15.2 Å². The Labute approximate surface area is 133 Å². The molecule has 1 aromatic carbocycles. The summed E-state index contributed by atoms with van der Waals surface area (Å²) in [4.78, 5) is 4.41. The molecule has 0 aliphatic rings. The Balaban J connectivity index is 1.72. The molecule has 0 bridgehead atoms. The van der Waals surface area contributed by atoms with Crippen molar-refractivity contribution < 1.29 is 4.74 Å². The Morgan fingerprint density at radius 1 is 1.18 bits per heavy atom. The first-order valence-corrected chi connectivity index (χ1v) is 7.15. The van der Waals surface area contributed by atoms with Crippen LogP contribution in [-0.4, -0.2) is 22.3 Å². The molecule has 0 saturated carbocycles. The van der Waals surface area contributed by atoms with Crippen molar-refractivity contribution in [3.05, 3.63) is 59.5 Å². The monoisotopic (exact) mass is 314 g/mol. The molecule has 112 valence electrons. The summed E-state index contributed by atoms with van der Waals surface area (Å²) in [5.74, 6) is 1.47. The van der Waals surface area contributed by atoms with Crippen molar-refractivity contribution >= 4 is 17.4 Å². The molecule has 0 aliphatic heterocycles. The highest BCUT2D eigenvalue weighted by atomic mass is 35.5. The van der Waals surface area contributed by atoms with Gasteiger partial charge in [-0.1, -0.05) is 17.7 Å². The Morgan fingerprint density at radius 3 is 2.68 bits per heavy atom. The molecule has 0 fully saturated rings. The van der Waals surface area contributed by atoms with Gasteiger partial charge in [0.25, 0.3) is 0 Å². The average Bonchev–Trinajstić information content (AvgIpc) is 3.07. The van der Waals surface area contributed by atoms with E-state index in [-0.39, 0.29) is 0 Å². The standard InChI is InChI=1S/C16H15ClN4O/c1-22-15-4-2-12(6-14(15)17)13-3-5-16(19-10-13)18-7-11-8-20-21-9-11/h2-6,8-10H,7H2,1H3,(H,18,19)(H,20,21). The van der Waals surface area contributed by atoms with Gasteiger partial charge < -0.3 is 10.1 Å². The number of ether oxygens (including phenoxy) is 1. The van der Waals surface area contributed by atoms with E-state index in [1.54, 1.807) is 13.3 Å². The van der Waals surface area contributed by atoms with E-state index in [0.717, 1.165) is 22.5 Å². The van der Waals surface area contributed by atoms with E-state index >= 15 is 0 Å². The molecule has 2 N–H and O–H groups in total. The molecule has 0 unspecified atom stereocenters. The topological polar surface area (TPSA) is 62.8 Å². The van der Waals surface area contributed by atoms with Crippen molar-refractivity contribution in [3.63, 3.8) is 0 Å². The third-order valence-corrected chi connectivity index (χ3v) is 3.57. The van der Waals surface area contributed by atoms with Crippen molar-refractivity contribution in [2.75, 3.05) is 12.4 Å². The summed E-state index contributed by atoms with van der Waals surface area (Å²) < 4.78 is 5.16. The number of aromatic amines is 1. The van der Waals surface area contributed by atoms with Gasteiger partial charge in [-0.05, 0) is 29.8 Å². The van der Waals surface area contributed by atoms with Gasteiger partial charge in [-0.15, -0.1) is 0 Å². The van der Waals surface area contributed by atoms with Crippen LogP contribution in [0.15, 0.2) is 48.9 Å². The molecule has 0 spiro atoms. The van der Waals surface area contributed by atoms with Crippen molar-refractivity contribution in [2.24, 2.45) is 0 Å². The largest absolute Gasteiger partial charge is 0.495 e. The Hall–Kier alpha value is -2.53. The molecule has 6 heteroatoms. The lowest BCUT2D eigenvalue weighted by molar-refractivity contribution is 0.415. The van der Waals surface area contributed by atoms with Crippen molar-refractivity contribution in [1.29, 1.82) is 0 Å². The van der Waals surface area contributed by atoms with Gasteiger partial charge >= 0.3 is 0 Å². The second kappa shape index (κ2) is 6.49. The first kappa shape index (κ1) is 14.4. The van der Waals surface area contributed by atoms with Crippen molar-refractivity contribution in [2.45, 2.75) is 6.54 Å². The number of hydrogen-bond donors (Lipinski definition) is 2. The number of anilines is 1. The van der Waals surface area contributed by atoms with Crippen molar-refractivity contribution in [3.8, 4) is 16.9 Å². The first-order valence-electron chi connectivity index (χ1n) is 6.78. The molecule has 22 heavy (non-hydrogen) atoms. The lowest BCUT2D eigenvalue weighted by Crippen LogP contribution is -2.00. The number of H-pyrrole nitrogens is 1. The van der Waals surface area contributed by atoms with Gasteiger partial charge in [-0.2, -0.15) is 5.10 Å². The second-order valence-corrected chi connectivity index (χ2v) is 5.15. The number of hydrogen-bond acceptors (Lipinski definition) is 4. The van der Waals surface area contributed by atoms with Gasteiger partial charge in [0.2, 0.25) is 0 Å². The van der Waals surface area contributed by atoms with Crippen LogP contribution in [0.2, 0.25) is 5.02 Å². The van der Waals surface area contributed by atoms with Gasteiger partial charge in [0.05, 0.1) is 18.3 Å². The Bertz CT molecular complexity index is 741. The van der Waals surface area contributed by atoms with E-state index in [9.17, 15) is 0 Å². The van der Waals surface area contributed by atoms with Gasteiger partial charge in [0.15, 0.2) is 0 Å². The lowest BCUT2D eigenvalue weighted by atomic mass is 10.1. The number of aromatic nitrogens is 3. The maximum atomic E-state index is 6.15. The van der Waals surface area contributed by atoms with E-state index in [0.29, 0.717) is 17.3 Å². The number of nitrogens with one attached hydrogen (secondary N) is 2. The quantitative estimate of drug-likeness (QED) is 0.753. The fraction of sp³-hybridized carbons (Fsp3) is 0.125. The maximum Gasteiger partial charge on any atom is 0.137 e. The molecule has 0 aliphatic carbocycles. The van der Waals surface area contributed by atoms with Gasteiger partial charge in [-0.3, -0.25) is 5.10 Å². The molecular weight excluding hydrogens is 300 g/mol. The highest BCUT2D eigenvalue weighted by molar-refractivity contribution is 6.32. The van der Waals surface area contributed by atoms with Gasteiger partial charge in [-0.25, -0.2) is 4.98 Å². The van der Waals surface area contributed by atoms with E-state index in [1.165, 1.54) is 0 Å². The normalized spacial score (nSPS) is 10.5. The highest BCUT2D eigenvalue weighted by Crippen LogP contribution is 2.30. The highest BCUT2D eigenvalue weighted by Gasteiger charge is 2.04. The van der Waals surface area contributed by atoms with Crippen LogP contribution in [0, 0.1) is 0 Å². The number of pyridine rings is 1. The lowest BCUT2D eigenvalue weighted by Gasteiger charge is -2.08. The molecule has 5 nitrogen and oxygen atoms in total. The summed E-state index contributed by atoms with van der Waals surface area (Å²) in [5, 5.41) is 10.5. The number of methoxy groups -OCH3 is 1. The first-order chi connectivity index (χ1) is 10.8. The Kier molecular flexibility index (Phi) is 4.25. The number of benzene rings is 1. The summed E-state index contributed by atoms with van der Waals surface area (Å²) in [5.41, 5.74) is 3.07. The molecule has 0 atom stereocenters. The average molecular weight is 315 g/mol. The SMILES string of the molecule is COc1ccc(-c2ccc(NCc3cn[nH]c3)nc2)cc1Cl. The molecule has 2 heterocycles. The summed E-state index contributed by atoms with van der Waals surface area (Å²) >= 11 is 6.15. The number of rotatable bonds is 5. The number of nitrogens with zero attached hydrogens (tertiary/aromatic N) is 2. The minimum atomic E-state index is 0.585. The van der Waals surface area contributed by atoms with E-state index < -0.39 is 0 Å². The van der Waals surface area contributed by atoms with Crippen LogP contribution in [0.25, 0.3) is 11.1 Å². The zero-order valence-electron chi connectivity index (χ0n) is 12.0. The van der Waals surface area contributed by atoms with Crippen LogP contribution in [0.5, 0.6) is 5.75 Å². The third kappa shape index (κ3) is 3.20. The van der Waals surface area contributed by atoms with Crippen LogP contribution >= 0.6 is 11.6 Å². The fourth-order valence-corrected chi connectivity index (χ4v) is 2.34. The van der Waals surface area contributed by atoms with Crippen LogP contribution in [0.3, 0.4) is 0 Å². The Morgan fingerprint density at radius 2 is 2.05 bits per heavy atom. The van der Waals surface area contributed by atoms with Gasteiger partial charge in [0, 0.05) is 30.1 Å². The van der Waals surface area contributed by atoms with E-state index in [4.69, 9.17) is 16.3 Å².